The molecule has 172 valence electrons. The highest BCUT2D eigenvalue weighted by atomic mass is 35.5. The Morgan fingerprint density at radius 1 is 1.09 bits per heavy atom. The van der Waals surface area contributed by atoms with Crippen molar-refractivity contribution in [3.05, 3.63) is 88.7 Å². The van der Waals surface area contributed by atoms with Crippen molar-refractivity contribution in [3.8, 4) is 17.2 Å². The van der Waals surface area contributed by atoms with Crippen molar-refractivity contribution in [2.45, 2.75) is 25.1 Å². The largest absolute Gasteiger partial charge is 0.327 e. The van der Waals surface area contributed by atoms with Crippen molar-refractivity contribution in [1.29, 1.82) is 5.26 Å². The maximum Gasteiger partial charge on any atom is 0.247 e. The maximum atomic E-state index is 15.2. The van der Waals surface area contributed by atoms with Gasteiger partial charge in [-0.2, -0.15) is 5.26 Å². The van der Waals surface area contributed by atoms with Gasteiger partial charge in [-0.25, -0.2) is 8.78 Å². The molecule has 2 atom stereocenters. The van der Waals surface area contributed by atoms with E-state index in [0.717, 1.165) is 0 Å². The minimum absolute atomic E-state index is 0.0810. The first-order chi connectivity index (χ1) is 16.4. The summed E-state index contributed by atoms with van der Waals surface area (Å²) < 4.78 is 29.5. The second kappa shape index (κ2) is 10.0. The maximum absolute atomic E-state index is 15.2. The summed E-state index contributed by atoms with van der Waals surface area (Å²) in [6.07, 6.45) is -1.63. The second-order valence-electron chi connectivity index (χ2n) is 8.02. The molecule has 2 unspecified atom stereocenters. The van der Waals surface area contributed by atoms with Gasteiger partial charge < -0.3 is 10.2 Å². The highest BCUT2D eigenvalue weighted by molar-refractivity contribution is 6.33. The molecular weight excluding hydrogens is 460 g/mol. The standard InChI is InChI=1S/C26H20ClF2N3O2/c27-21-9-2-1-7-19(21)20-8-4-10-22(25(20)29)31-26(34)23-13-18(28)15-32(23)24(33)12-16-5-3-6-17(11-16)14-30/h1-11,18,23H,12-13,15H2,(H,31,34). The average Bonchev–Trinajstić information content (AvgIpc) is 3.23. The Bertz CT molecular complexity index is 1290. The van der Waals surface area contributed by atoms with E-state index in [2.05, 4.69) is 5.32 Å². The monoisotopic (exact) mass is 479 g/mol. The Morgan fingerprint density at radius 3 is 2.59 bits per heavy atom. The molecule has 8 heteroatoms. The number of amides is 2. The fourth-order valence-corrected chi connectivity index (χ4v) is 4.31. The Balaban J connectivity index is 1.53. The molecule has 1 aliphatic rings. The lowest BCUT2D eigenvalue weighted by atomic mass is 10.0. The summed E-state index contributed by atoms with van der Waals surface area (Å²) >= 11 is 6.19. The Labute approximate surface area is 200 Å². The first-order valence-corrected chi connectivity index (χ1v) is 11.0. The Hall–Kier alpha value is -3.76. The lowest BCUT2D eigenvalue weighted by Crippen LogP contribution is -2.44. The molecule has 0 aromatic heterocycles. The number of nitrogens with zero attached hydrogens (tertiary/aromatic N) is 2. The van der Waals surface area contributed by atoms with E-state index < -0.39 is 29.8 Å². The molecule has 0 spiro atoms. The van der Waals surface area contributed by atoms with Crippen molar-refractivity contribution in [3.63, 3.8) is 0 Å². The van der Waals surface area contributed by atoms with Crippen LogP contribution in [0.25, 0.3) is 11.1 Å². The van der Waals surface area contributed by atoms with Crippen molar-refractivity contribution >= 4 is 29.1 Å². The van der Waals surface area contributed by atoms with E-state index in [1.54, 1.807) is 60.7 Å². The number of likely N-dealkylation sites (tertiary alicyclic amines) is 1. The number of rotatable bonds is 5. The van der Waals surface area contributed by atoms with Gasteiger partial charge in [0.1, 0.15) is 12.2 Å². The first kappa shape index (κ1) is 23.4. The molecule has 34 heavy (non-hydrogen) atoms. The molecule has 0 radical (unpaired) electrons. The third kappa shape index (κ3) is 4.92. The van der Waals surface area contributed by atoms with Crippen LogP contribution in [0.4, 0.5) is 14.5 Å². The minimum atomic E-state index is -1.37. The number of carbonyl (C=O) groups excluding carboxylic acids is 2. The predicted octanol–water partition coefficient (Wildman–Crippen LogP) is 5.14. The molecule has 1 N–H and O–H groups in total. The third-order valence-corrected chi connectivity index (χ3v) is 6.03. The van der Waals surface area contributed by atoms with Gasteiger partial charge >= 0.3 is 0 Å². The van der Waals surface area contributed by atoms with Crippen LogP contribution in [-0.2, 0) is 16.0 Å². The smallest absolute Gasteiger partial charge is 0.247 e. The summed E-state index contributed by atoms with van der Waals surface area (Å²) in [5, 5.41) is 11.9. The second-order valence-corrected chi connectivity index (χ2v) is 8.43. The van der Waals surface area contributed by atoms with Crippen LogP contribution in [0.15, 0.2) is 66.7 Å². The van der Waals surface area contributed by atoms with Gasteiger partial charge in [-0.15, -0.1) is 0 Å². The zero-order valence-corrected chi connectivity index (χ0v) is 18.7. The lowest BCUT2D eigenvalue weighted by Gasteiger charge is -2.24. The van der Waals surface area contributed by atoms with E-state index in [1.165, 1.54) is 11.0 Å². The number of alkyl halides is 1. The van der Waals surface area contributed by atoms with Gasteiger partial charge in [-0.3, -0.25) is 9.59 Å². The highest BCUT2D eigenvalue weighted by Crippen LogP contribution is 2.33. The van der Waals surface area contributed by atoms with Crippen molar-refractivity contribution in [2.24, 2.45) is 0 Å². The highest BCUT2D eigenvalue weighted by Gasteiger charge is 2.40. The summed E-state index contributed by atoms with van der Waals surface area (Å²) in [4.78, 5) is 27.0. The summed E-state index contributed by atoms with van der Waals surface area (Å²) in [5.74, 6) is -1.79. The van der Waals surface area contributed by atoms with Crippen LogP contribution in [0.2, 0.25) is 5.02 Å². The van der Waals surface area contributed by atoms with Crippen LogP contribution >= 0.6 is 11.6 Å². The van der Waals surface area contributed by atoms with Gasteiger partial charge in [0.2, 0.25) is 11.8 Å². The van der Waals surface area contributed by atoms with Gasteiger partial charge in [0.15, 0.2) is 5.82 Å². The van der Waals surface area contributed by atoms with E-state index in [-0.39, 0.29) is 30.6 Å². The Morgan fingerprint density at radius 2 is 1.82 bits per heavy atom. The minimum Gasteiger partial charge on any atom is -0.327 e. The zero-order chi connectivity index (χ0) is 24.2. The fraction of sp³-hybridized carbons (Fsp3) is 0.192. The van der Waals surface area contributed by atoms with Crippen LogP contribution in [0.1, 0.15) is 17.5 Å². The number of anilines is 1. The van der Waals surface area contributed by atoms with Crippen LogP contribution < -0.4 is 5.32 Å². The predicted molar refractivity (Wildman–Crippen MR) is 125 cm³/mol. The summed E-state index contributed by atoms with van der Waals surface area (Å²) in [6, 6.07) is 18.7. The summed E-state index contributed by atoms with van der Waals surface area (Å²) in [7, 11) is 0. The molecule has 0 aliphatic carbocycles. The molecule has 3 aromatic rings. The third-order valence-electron chi connectivity index (χ3n) is 5.71. The van der Waals surface area contributed by atoms with E-state index in [9.17, 15) is 14.0 Å². The molecular formula is C26H20ClF2N3O2. The van der Waals surface area contributed by atoms with Gasteiger partial charge in [-0.05, 0) is 29.8 Å². The number of hydrogen-bond donors (Lipinski definition) is 1. The molecule has 0 bridgehead atoms. The number of carbonyl (C=O) groups is 2. The number of hydrogen-bond acceptors (Lipinski definition) is 3. The van der Waals surface area contributed by atoms with Crippen molar-refractivity contribution in [1.82, 2.24) is 4.90 Å². The normalized spacial score (nSPS) is 17.3. The van der Waals surface area contributed by atoms with Crippen LogP contribution in [0.5, 0.6) is 0 Å². The quantitative estimate of drug-likeness (QED) is 0.551. The molecule has 0 saturated carbocycles. The van der Waals surface area contributed by atoms with Gasteiger partial charge in [0.25, 0.3) is 0 Å². The lowest BCUT2D eigenvalue weighted by molar-refractivity contribution is -0.136. The van der Waals surface area contributed by atoms with Gasteiger partial charge in [0, 0.05) is 22.6 Å². The first-order valence-electron chi connectivity index (χ1n) is 10.6. The van der Waals surface area contributed by atoms with E-state index >= 15 is 4.39 Å². The number of nitrogens with one attached hydrogen (secondary N) is 1. The molecule has 3 aromatic carbocycles. The van der Waals surface area contributed by atoms with Gasteiger partial charge in [0.05, 0.1) is 30.3 Å². The van der Waals surface area contributed by atoms with Crippen LogP contribution in [-0.4, -0.2) is 35.5 Å². The average molecular weight is 480 g/mol. The number of nitriles is 1. The molecule has 1 aliphatic heterocycles. The zero-order valence-electron chi connectivity index (χ0n) is 18.0. The van der Waals surface area contributed by atoms with E-state index in [1.807, 2.05) is 6.07 Å². The number of benzene rings is 3. The Kier molecular flexibility index (Phi) is 6.90. The molecule has 1 heterocycles. The number of halogens is 3. The molecule has 1 fully saturated rings. The molecule has 1 saturated heterocycles. The van der Waals surface area contributed by atoms with Crippen LogP contribution in [0.3, 0.4) is 0 Å². The summed E-state index contributed by atoms with van der Waals surface area (Å²) in [6.45, 7) is -0.225. The molecule has 2 amide bonds. The molecule has 5 nitrogen and oxygen atoms in total. The SMILES string of the molecule is N#Cc1cccc(CC(=O)N2CC(F)CC2C(=O)Nc2cccc(-c3ccccc3Cl)c2F)c1. The fourth-order valence-electron chi connectivity index (χ4n) is 4.07. The summed E-state index contributed by atoms with van der Waals surface area (Å²) in [5.41, 5.74) is 1.59. The van der Waals surface area contributed by atoms with E-state index in [4.69, 9.17) is 16.9 Å². The van der Waals surface area contributed by atoms with Crippen LogP contribution in [0, 0.1) is 17.1 Å². The van der Waals surface area contributed by atoms with Crippen molar-refractivity contribution < 1.29 is 18.4 Å². The topological polar surface area (TPSA) is 73.2 Å². The molecule has 4 rings (SSSR count). The van der Waals surface area contributed by atoms with Crippen molar-refractivity contribution in [2.75, 3.05) is 11.9 Å². The van der Waals surface area contributed by atoms with E-state index in [0.29, 0.717) is 21.7 Å². The van der Waals surface area contributed by atoms with Gasteiger partial charge in [-0.1, -0.05) is 54.1 Å².